The Hall–Kier alpha value is 0.880. The summed E-state index contributed by atoms with van der Waals surface area (Å²) in [5.74, 6) is 0. The summed E-state index contributed by atoms with van der Waals surface area (Å²) in [6.07, 6.45) is 2.37. The van der Waals surface area contributed by atoms with E-state index in [2.05, 4.69) is 5.32 Å². The van der Waals surface area contributed by atoms with Crippen molar-refractivity contribution in [2.75, 3.05) is 6.54 Å². The lowest BCUT2D eigenvalue weighted by molar-refractivity contribution is 0.810. The maximum Gasteiger partial charge on any atom is 0.123 e. The fourth-order valence-electron chi connectivity index (χ4n) is 0.941. The lowest BCUT2D eigenvalue weighted by Crippen LogP contribution is -2.19. The monoisotopic (exact) mass is 197 g/mol. The third-order valence-electron chi connectivity index (χ3n) is 1.31. The fraction of sp³-hybridized carbons (Fsp3) is 1.00. The summed E-state index contributed by atoms with van der Waals surface area (Å²) in [7, 11) is 0. The Morgan fingerprint density at radius 2 is 2.30 bits per heavy atom. The molecule has 10 heavy (non-hydrogen) atoms. The van der Waals surface area contributed by atoms with Gasteiger partial charge in [0.15, 0.2) is 0 Å². The first-order valence-electron chi connectivity index (χ1n) is 3.17. The van der Waals surface area contributed by atoms with Gasteiger partial charge in [0.1, 0.15) is 5.54 Å². The van der Waals surface area contributed by atoms with E-state index in [4.69, 9.17) is 22.8 Å². The van der Waals surface area contributed by atoms with Gasteiger partial charge in [0.05, 0.1) is 5.37 Å². The quantitative estimate of drug-likeness (QED) is 0.565. The first kappa shape index (κ1) is 8.97. The van der Waals surface area contributed by atoms with E-state index >= 15 is 0 Å². The van der Waals surface area contributed by atoms with Crippen LogP contribution in [0.1, 0.15) is 12.8 Å². The normalized spacial score (nSPS) is 27.2. The average molecular weight is 197 g/mol. The first-order valence-corrected chi connectivity index (χ1v) is 7.59. The van der Waals surface area contributed by atoms with E-state index in [9.17, 15) is 0 Å². The largest absolute Gasteiger partial charge is 0.305 e. The van der Waals surface area contributed by atoms with E-state index in [0.717, 1.165) is 13.0 Å². The molecule has 0 aromatic heterocycles. The molecule has 1 unspecified atom stereocenters. The van der Waals surface area contributed by atoms with Crippen molar-refractivity contribution >= 4 is 28.7 Å². The Morgan fingerprint density at radius 1 is 1.60 bits per heavy atom. The molecule has 0 aromatic carbocycles. The molecule has 1 fully saturated rings. The van der Waals surface area contributed by atoms with Crippen LogP contribution in [0.4, 0.5) is 0 Å². The molecule has 1 aliphatic heterocycles. The predicted octanol–water partition coefficient (Wildman–Crippen LogP) is 0.571. The van der Waals surface area contributed by atoms with Gasteiger partial charge in [-0.25, -0.2) is 0 Å². The van der Waals surface area contributed by atoms with Crippen molar-refractivity contribution in [3.8, 4) is 0 Å². The van der Waals surface area contributed by atoms with Crippen LogP contribution in [0.3, 0.4) is 0 Å². The second-order valence-electron chi connectivity index (χ2n) is 2.34. The number of hydrogen-bond acceptors (Lipinski definition) is 3. The van der Waals surface area contributed by atoms with E-state index < -0.39 is 5.54 Å². The highest BCUT2D eigenvalue weighted by Gasteiger charge is 2.18. The van der Waals surface area contributed by atoms with Crippen molar-refractivity contribution in [3.05, 3.63) is 0 Å². The van der Waals surface area contributed by atoms with Crippen LogP contribution in [0.25, 0.3) is 0 Å². The molecule has 0 aliphatic carbocycles. The summed E-state index contributed by atoms with van der Waals surface area (Å²) < 4.78 is 0. The lowest BCUT2D eigenvalue weighted by Gasteiger charge is -2.14. The van der Waals surface area contributed by atoms with Gasteiger partial charge in [-0.2, -0.15) is 0 Å². The number of rotatable bonds is 2. The lowest BCUT2D eigenvalue weighted by atomic mass is 10.4. The molecule has 1 atom stereocenters. The van der Waals surface area contributed by atoms with Gasteiger partial charge in [0, 0.05) is 0 Å². The van der Waals surface area contributed by atoms with Gasteiger partial charge in [-0.1, -0.05) is 23.2 Å². The van der Waals surface area contributed by atoms with Gasteiger partial charge in [-0.05, 0) is 19.4 Å². The second kappa shape index (κ2) is 3.52. The van der Waals surface area contributed by atoms with Crippen molar-refractivity contribution in [1.82, 2.24) is 5.32 Å². The van der Waals surface area contributed by atoms with E-state index in [-0.39, 0.29) is 0 Å². The van der Waals surface area contributed by atoms with Gasteiger partial charge < -0.3 is 5.32 Å². The highest BCUT2D eigenvalue weighted by Crippen LogP contribution is 2.47. The van der Waals surface area contributed by atoms with Gasteiger partial charge in [-0.15, -0.1) is 0 Å². The summed E-state index contributed by atoms with van der Waals surface area (Å²) >= 11 is 6.45. The van der Waals surface area contributed by atoms with Gasteiger partial charge in [0.2, 0.25) is 0 Å². The molecule has 0 saturated carbocycles. The molecule has 1 saturated heterocycles. The zero-order chi connectivity index (χ0) is 7.61. The molecule has 3 nitrogen and oxygen atoms in total. The Morgan fingerprint density at radius 3 is 2.70 bits per heavy atom. The molecule has 5 N–H and O–H groups in total. The summed E-state index contributed by atoms with van der Waals surface area (Å²) in [5.41, 5.74) is 9.06. The minimum absolute atomic E-state index is 0.417. The molecule has 0 spiro atoms. The summed E-state index contributed by atoms with van der Waals surface area (Å²) in [6.45, 7) is 1.08. The van der Waals surface area contributed by atoms with Crippen LogP contribution in [-0.4, -0.2) is 11.9 Å². The topological polar surface area (TPSA) is 64.1 Å². The molecule has 0 bridgehead atoms. The zero-order valence-electron chi connectivity index (χ0n) is 5.62. The summed E-state index contributed by atoms with van der Waals surface area (Å²) in [5, 5.41) is 3.69. The second-order valence-corrected chi connectivity index (χ2v) is 9.36. The molecule has 6 heteroatoms. The third kappa shape index (κ3) is 3.32. The fourth-order valence-corrected chi connectivity index (χ4v) is 4.47. The molecular formula is C4H12N3PS2. The van der Waals surface area contributed by atoms with Crippen LogP contribution in [-0.2, 0) is 11.8 Å². The van der Waals surface area contributed by atoms with E-state index in [0.29, 0.717) is 5.37 Å². The standard InChI is InChI=1S/C4H12N3PS2/c5-8(6,9)10-4-2-1-3-7-4/h4,7H,1-3H2,(H4,5,6,9). The zero-order valence-corrected chi connectivity index (χ0v) is 8.14. The average Bonchev–Trinajstić information content (AvgIpc) is 2.12. The van der Waals surface area contributed by atoms with Crippen LogP contribution < -0.4 is 16.3 Å². The number of nitrogens with one attached hydrogen (secondary N) is 1. The molecular weight excluding hydrogens is 185 g/mol. The van der Waals surface area contributed by atoms with E-state index in [1.807, 2.05) is 0 Å². The van der Waals surface area contributed by atoms with Crippen molar-refractivity contribution in [3.63, 3.8) is 0 Å². The van der Waals surface area contributed by atoms with Crippen molar-refractivity contribution < 1.29 is 0 Å². The van der Waals surface area contributed by atoms with Crippen LogP contribution >= 0.6 is 16.9 Å². The SMILES string of the molecule is NP(N)(=S)SC1CCCN1. The Labute approximate surface area is 70.2 Å². The predicted molar refractivity (Wildman–Crippen MR) is 51.3 cm³/mol. The van der Waals surface area contributed by atoms with Crippen LogP contribution in [0.2, 0.25) is 0 Å². The number of hydrogen-bond donors (Lipinski definition) is 3. The highest BCUT2D eigenvalue weighted by molar-refractivity contribution is 8.69. The maximum absolute atomic E-state index is 5.54. The molecule has 1 heterocycles. The molecule has 1 rings (SSSR count). The Balaban J connectivity index is 2.31. The van der Waals surface area contributed by atoms with Crippen LogP contribution in [0, 0.1) is 0 Å². The van der Waals surface area contributed by atoms with E-state index in [1.165, 1.54) is 17.8 Å². The highest BCUT2D eigenvalue weighted by atomic mass is 32.9. The maximum atomic E-state index is 5.54. The third-order valence-corrected chi connectivity index (χ3v) is 4.82. The van der Waals surface area contributed by atoms with Gasteiger partial charge >= 0.3 is 0 Å². The molecule has 0 amide bonds. The van der Waals surface area contributed by atoms with Crippen LogP contribution in [0.15, 0.2) is 0 Å². The molecule has 60 valence electrons. The van der Waals surface area contributed by atoms with Crippen molar-refractivity contribution in [2.24, 2.45) is 11.0 Å². The molecule has 1 aliphatic rings. The minimum Gasteiger partial charge on any atom is -0.305 e. The van der Waals surface area contributed by atoms with Gasteiger partial charge in [-0.3, -0.25) is 11.0 Å². The molecule has 0 aromatic rings. The summed E-state index contributed by atoms with van der Waals surface area (Å²) in [6, 6.07) is 0. The summed E-state index contributed by atoms with van der Waals surface area (Å²) in [4.78, 5) is 0. The first-order chi connectivity index (χ1) is 4.58. The Kier molecular flexibility index (Phi) is 3.16. The molecule has 0 radical (unpaired) electrons. The number of nitrogens with two attached hydrogens (primary N) is 2. The Bertz CT molecular complexity index is 151. The van der Waals surface area contributed by atoms with Gasteiger partial charge in [0.25, 0.3) is 0 Å². The smallest absolute Gasteiger partial charge is 0.123 e. The minimum atomic E-state index is -2.03. The van der Waals surface area contributed by atoms with Crippen molar-refractivity contribution in [2.45, 2.75) is 18.2 Å². The van der Waals surface area contributed by atoms with Crippen molar-refractivity contribution in [1.29, 1.82) is 0 Å². The van der Waals surface area contributed by atoms with E-state index in [1.54, 1.807) is 0 Å². The van der Waals surface area contributed by atoms with Crippen LogP contribution in [0.5, 0.6) is 0 Å².